The average molecular weight is 287 g/mol. The van der Waals surface area contributed by atoms with E-state index in [1.54, 1.807) is 0 Å². The molecule has 0 amide bonds. The summed E-state index contributed by atoms with van der Waals surface area (Å²) in [7, 11) is 0. The molecule has 0 spiro atoms. The van der Waals surface area contributed by atoms with Gasteiger partial charge in [-0.05, 0) is 22.0 Å². The molecule has 0 bridgehead atoms. The molecule has 0 atom stereocenters. The van der Waals surface area contributed by atoms with E-state index in [2.05, 4.69) is 25.7 Å². The van der Waals surface area contributed by atoms with Gasteiger partial charge in [0.1, 0.15) is 0 Å². The average Bonchev–Trinajstić information content (AvgIpc) is 2.07. The highest BCUT2D eigenvalue weighted by Gasteiger charge is 2.32. The van der Waals surface area contributed by atoms with Crippen LogP contribution in [0.1, 0.15) is 5.56 Å². The number of halogens is 4. The van der Waals surface area contributed by atoms with Crippen LogP contribution < -0.4 is 16.0 Å². The Kier molecular flexibility index (Phi) is 3.40. The Morgan fingerprint density at radius 3 is 2.60 bits per heavy atom. The maximum absolute atomic E-state index is 11.8. The lowest BCUT2D eigenvalue weighted by molar-refractivity contribution is -0.275. The number of rotatable bonds is 2. The molecule has 1 rings (SSSR count). The van der Waals surface area contributed by atoms with E-state index in [1.807, 2.05) is 0 Å². The fourth-order valence-electron chi connectivity index (χ4n) is 0.878. The van der Waals surface area contributed by atoms with Gasteiger partial charge in [0.05, 0.1) is 4.60 Å². The van der Waals surface area contributed by atoms with Crippen molar-refractivity contribution in [2.45, 2.75) is 12.9 Å². The van der Waals surface area contributed by atoms with Gasteiger partial charge in [-0.1, -0.05) is 0 Å². The summed E-state index contributed by atoms with van der Waals surface area (Å²) in [4.78, 5) is 13.2. The Bertz CT molecular complexity index is 416. The molecular weight excluding hydrogens is 281 g/mol. The summed E-state index contributed by atoms with van der Waals surface area (Å²) < 4.78 is 39.3. The summed E-state index contributed by atoms with van der Waals surface area (Å²) >= 11 is 2.95. The zero-order valence-electron chi connectivity index (χ0n) is 7.19. The van der Waals surface area contributed by atoms with Crippen molar-refractivity contribution in [3.8, 4) is 5.75 Å². The molecular formula is C7H6BrF3N2O2. The van der Waals surface area contributed by atoms with E-state index in [-0.39, 0.29) is 11.1 Å². The summed E-state index contributed by atoms with van der Waals surface area (Å²) in [5.41, 5.74) is 4.58. The largest absolute Gasteiger partial charge is 0.573 e. The van der Waals surface area contributed by atoms with Gasteiger partial charge in [-0.15, -0.1) is 13.2 Å². The van der Waals surface area contributed by atoms with Gasteiger partial charge in [0.2, 0.25) is 0 Å². The highest BCUT2D eigenvalue weighted by atomic mass is 79.9. The fourth-order valence-corrected chi connectivity index (χ4v) is 1.33. The van der Waals surface area contributed by atoms with Crippen LogP contribution in [-0.4, -0.2) is 11.3 Å². The Morgan fingerprint density at radius 1 is 1.53 bits per heavy atom. The van der Waals surface area contributed by atoms with Crippen LogP contribution in [-0.2, 0) is 6.54 Å². The van der Waals surface area contributed by atoms with Crippen LogP contribution in [0.15, 0.2) is 15.5 Å². The van der Waals surface area contributed by atoms with Gasteiger partial charge in [0.25, 0.3) is 5.56 Å². The van der Waals surface area contributed by atoms with Crippen LogP contribution >= 0.6 is 15.9 Å². The number of hydrogen-bond donors (Lipinski definition) is 2. The van der Waals surface area contributed by atoms with Gasteiger partial charge >= 0.3 is 6.36 Å². The third kappa shape index (κ3) is 3.24. The first-order chi connectivity index (χ1) is 6.83. The predicted molar refractivity (Wildman–Crippen MR) is 49.3 cm³/mol. The lowest BCUT2D eigenvalue weighted by Crippen LogP contribution is -2.23. The number of aromatic amines is 1. The molecule has 1 aromatic rings. The minimum Gasteiger partial charge on any atom is -0.400 e. The van der Waals surface area contributed by atoms with Crippen LogP contribution in [0.4, 0.5) is 13.2 Å². The minimum atomic E-state index is -4.90. The number of pyridine rings is 1. The fraction of sp³-hybridized carbons (Fsp3) is 0.286. The number of nitrogens with two attached hydrogens (primary N) is 1. The second-order valence-corrected chi connectivity index (χ2v) is 3.35. The Hall–Kier alpha value is -1.02. The summed E-state index contributed by atoms with van der Waals surface area (Å²) in [6.07, 6.45) is -4.90. The maximum Gasteiger partial charge on any atom is 0.573 e. The molecule has 1 heterocycles. The Morgan fingerprint density at radius 2 is 2.13 bits per heavy atom. The second-order valence-electron chi connectivity index (χ2n) is 2.55. The first-order valence-corrected chi connectivity index (χ1v) is 4.50. The quantitative estimate of drug-likeness (QED) is 0.810. The van der Waals surface area contributed by atoms with Crippen molar-refractivity contribution in [1.29, 1.82) is 0 Å². The van der Waals surface area contributed by atoms with Crippen molar-refractivity contribution >= 4 is 15.9 Å². The van der Waals surface area contributed by atoms with Crippen molar-refractivity contribution in [1.82, 2.24) is 4.98 Å². The summed E-state index contributed by atoms with van der Waals surface area (Å²) in [6.45, 7) is -0.0222. The Labute approximate surface area is 90.4 Å². The molecule has 0 aliphatic heterocycles. The van der Waals surface area contributed by atoms with Gasteiger partial charge in [0, 0.05) is 12.1 Å². The van der Waals surface area contributed by atoms with Crippen molar-refractivity contribution in [2.24, 2.45) is 5.73 Å². The first kappa shape index (κ1) is 12.1. The molecule has 0 aliphatic rings. The number of alkyl halides is 3. The van der Waals surface area contributed by atoms with E-state index in [0.717, 1.165) is 6.07 Å². The highest BCUT2D eigenvalue weighted by molar-refractivity contribution is 9.10. The number of nitrogens with one attached hydrogen (secondary N) is 1. The van der Waals surface area contributed by atoms with Crippen LogP contribution in [0.2, 0.25) is 0 Å². The molecule has 0 radical (unpaired) electrons. The number of hydrogen-bond acceptors (Lipinski definition) is 3. The lowest BCUT2D eigenvalue weighted by atomic mass is 10.3. The molecule has 0 unspecified atom stereocenters. The van der Waals surface area contributed by atoms with Gasteiger partial charge < -0.3 is 15.5 Å². The highest BCUT2D eigenvalue weighted by Crippen LogP contribution is 2.22. The van der Waals surface area contributed by atoms with Crippen molar-refractivity contribution in [3.05, 3.63) is 26.6 Å². The molecule has 0 aromatic carbocycles. The van der Waals surface area contributed by atoms with Gasteiger partial charge in [-0.3, -0.25) is 4.79 Å². The third-order valence-electron chi connectivity index (χ3n) is 1.48. The Balaban J connectivity index is 3.14. The number of ether oxygens (including phenoxy) is 1. The molecule has 3 N–H and O–H groups in total. The van der Waals surface area contributed by atoms with Crippen molar-refractivity contribution in [3.63, 3.8) is 0 Å². The van der Waals surface area contributed by atoms with Crippen LogP contribution in [0, 0.1) is 0 Å². The first-order valence-electron chi connectivity index (χ1n) is 3.71. The molecule has 0 aliphatic carbocycles. The molecule has 4 nitrogen and oxygen atoms in total. The molecule has 0 fully saturated rings. The molecule has 15 heavy (non-hydrogen) atoms. The minimum absolute atomic E-state index is 0.0222. The van der Waals surface area contributed by atoms with Gasteiger partial charge in [0.15, 0.2) is 5.75 Å². The van der Waals surface area contributed by atoms with Crippen molar-refractivity contribution < 1.29 is 17.9 Å². The maximum atomic E-state index is 11.8. The van der Waals surface area contributed by atoms with Crippen LogP contribution in [0.5, 0.6) is 5.75 Å². The zero-order valence-corrected chi connectivity index (χ0v) is 8.78. The molecule has 0 saturated heterocycles. The second kappa shape index (κ2) is 4.23. The van der Waals surface area contributed by atoms with Crippen LogP contribution in [0.3, 0.4) is 0 Å². The van der Waals surface area contributed by atoms with E-state index in [9.17, 15) is 18.0 Å². The third-order valence-corrected chi connectivity index (χ3v) is 2.19. The smallest absolute Gasteiger partial charge is 0.400 e. The summed E-state index contributed by atoms with van der Waals surface area (Å²) in [5.74, 6) is -0.828. The molecule has 84 valence electrons. The standard InChI is InChI=1S/C7H6BrF3N2O2/c8-5-3(2-12)1-4(6(14)13-5)15-7(9,10)11/h1H,2,12H2,(H,13,14). The number of H-pyrrole nitrogens is 1. The number of aromatic nitrogens is 1. The van der Waals surface area contributed by atoms with Crippen molar-refractivity contribution in [2.75, 3.05) is 0 Å². The van der Waals surface area contributed by atoms with E-state index in [1.165, 1.54) is 0 Å². The van der Waals surface area contributed by atoms with Crippen LogP contribution in [0.25, 0.3) is 0 Å². The van der Waals surface area contributed by atoms with E-state index >= 15 is 0 Å². The van der Waals surface area contributed by atoms with Gasteiger partial charge in [-0.2, -0.15) is 0 Å². The van der Waals surface area contributed by atoms with E-state index in [4.69, 9.17) is 5.73 Å². The van der Waals surface area contributed by atoms with E-state index in [0.29, 0.717) is 5.56 Å². The van der Waals surface area contributed by atoms with Gasteiger partial charge in [-0.25, -0.2) is 0 Å². The monoisotopic (exact) mass is 286 g/mol. The van der Waals surface area contributed by atoms with E-state index < -0.39 is 17.7 Å². The summed E-state index contributed by atoms with van der Waals surface area (Å²) in [6, 6.07) is 0.941. The molecule has 0 saturated carbocycles. The topological polar surface area (TPSA) is 68.1 Å². The lowest BCUT2D eigenvalue weighted by Gasteiger charge is -2.09. The zero-order chi connectivity index (χ0) is 11.6. The SMILES string of the molecule is NCc1cc(OC(F)(F)F)c(=O)[nH]c1Br. The normalized spacial score (nSPS) is 11.5. The molecule has 1 aromatic heterocycles. The molecule has 8 heteroatoms. The summed E-state index contributed by atoms with van der Waals surface area (Å²) in [5, 5.41) is 0. The predicted octanol–water partition coefficient (Wildman–Crippen LogP) is 1.49.